The summed E-state index contributed by atoms with van der Waals surface area (Å²) in [5, 5.41) is 4.63. The van der Waals surface area contributed by atoms with Crippen LogP contribution >= 0.6 is 11.8 Å². The first-order valence-corrected chi connectivity index (χ1v) is 7.24. The molecule has 0 spiro atoms. The molecule has 0 bridgehead atoms. The number of aliphatic imine (C=N–C) groups is 1. The van der Waals surface area contributed by atoms with Gasteiger partial charge in [-0.3, -0.25) is 4.99 Å². The van der Waals surface area contributed by atoms with Gasteiger partial charge in [-0.2, -0.15) is 0 Å². The lowest BCUT2D eigenvalue weighted by Gasteiger charge is -2.26. The summed E-state index contributed by atoms with van der Waals surface area (Å²) in [7, 11) is 0. The van der Waals surface area contributed by atoms with Gasteiger partial charge in [0.25, 0.3) is 0 Å². The summed E-state index contributed by atoms with van der Waals surface area (Å²) in [6.07, 6.45) is 7.12. The lowest BCUT2D eigenvalue weighted by molar-refractivity contribution is 0.278. The topological polar surface area (TPSA) is 24.4 Å². The van der Waals surface area contributed by atoms with E-state index in [1.807, 2.05) is 11.8 Å². The standard InChI is InChI=1S/C12H22N2S/c1-10-2-4-11(5-3-10)6-7-13-12-14-8-9-15-12/h10-11H,2-9H2,1H3,(H,13,14). The monoisotopic (exact) mass is 226 g/mol. The number of rotatable bonds is 3. The molecule has 2 aliphatic rings. The second-order valence-corrected chi connectivity index (χ2v) is 5.96. The molecule has 2 rings (SSSR count). The van der Waals surface area contributed by atoms with E-state index in [4.69, 9.17) is 0 Å². The molecule has 0 aromatic rings. The van der Waals surface area contributed by atoms with Gasteiger partial charge in [-0.25, -0.2) is 0 Å². The Hall–Kier alpha value is -0.180. The Bertz CT molecular complexity index is 220. The Balaban J connectivity index is 1.57. The highest BCUT2D eigenvalue weighted by Gasteiger charge is 2.17. The molecule has 1 fully saturated rings. The first-order chi connectivity index (χ1) is 7.34. The first kappa shape index (κ1) is 11.3. The Morgan fingerprint density at radius 2 is 2.13 bits per heavy atom. The molecule has 1 saturated carbocycles. The third-order valence-electron chi connectivity index (χ3n) is 3.55. The maximum atomic E-state index is 4.40. The predicted molar refractivity (Wildman–Crippen MR) is 68.5 cm³/mol. The summed E-state index contributed by atoms with van der Waals surface area (Å²) in [4.78, 5) is 4.40. The molecule has 0 amide bonds. The Morgan fingerprint density at radius 3 is 2.80 bits per heavy atom. The third-order valence-corrected chi connectivity index (χ3v) is 4.48. The average molecular weight is 226 g/mol. The van der Waals surface area contributed by atoms with Gasteiger partial charge in [-0.15, -0.1) is 0 Å². The van der Waals surface area contributed by atoms with Gasteiger partial charge in [0.2, 0.25) is 0 Å². The van der Waals surface area contributed by atoms with Gasteiger partial charge in [-0.1, -0.05) is 44.4 Å². The van der Waals surface area contributed by atoms with Crippen LogP contribution in [-0.4, -0.2) is 24.0 Å². The Kier molecular flexibility index (Phi) is 4.36. The molecule has 0 saturated heterocycles. The Labute approximate surface area is 97.3 Å². The van der Waals surface area contributed by atoms with E-state index in [0.29, 0.717) is 0 Å². The van der Waals surface area contributed by atoms with Crippen molar-refractivity contribution in [3.8, 4) is 0 Å². The van der Waals surface area contributed by atoms with Crippen molar-refractivity contribution >= 4 is 16.9 Å². The zero-order chi connectivity index (χ0) is 10.5. The van der Waals surface area contributed by atoms with Gasteiger partial charge in [-0.05, 0) is 18.3 Å². The van der Waals surface area contributed by atoms with Crippen LogP contribution in [0, 0.1) is 11.8 Å². The van der Waals surface area contributed by atoms with Crippen molar-refractivity contribution in [2.24, 2.45) is 16.8 Å². The highest BCUT2D eigenvalue weighted by Crippen LogP contribution is 2.29. The van der Waals surface area contributed by atoms with Crippen molar-refractivity contribution in [1.82, 2.24) is 5.32 Å². The van der Waals surface area contributed by atoms with Crippen LogP contribution in [0.2, 0.25) is 0 Å². The molecule has 0 aromatic carbocycles. The molecule has 86 valence electrons. The van der Waals surface area contributed by atoms with E-state index in [2.05, 4.69) is 17.2 Å². The van der Waals surface area contributed by atoms with E-state index < -0.39 is 0 Å². The zero-order valence-electron chi connectivity index (χ0n) is 9.67. The molecular weight excluding hydrogens is 204 g/mol. The van der Waals surface area contributed by atoms with Crippen molar-refractivity contribution in [1.29, 1.82) is 0 Å². The van der Waals surface area contributed by atoms with Crippen LogP contribution in [0.3, 0.4) is 0 Å². The van der Waals surface area contributed by atoms with Crippen LogP contribution in [-0.2, 0) is 0 Å². The largest absolute Gasteiger partial charge is 0.365 e. The van der Waals surface area contributed by atoms with Gasteiger partial charge in [0.15, 0.2) is 5.17 Å². The van der Waals surface area contributed by atoms with Gasteiger partial charge in [0.1, 0.15) is 0 Å². The summed E-state index contributed by atoms with van der Waals surface area (Å²) >= 11 is 1.87. The summed E-state index contributed by atoms with van der Waals surface area (Å²) < 4.78 is 0. The molecule has 0 atom stereocenters. The minimum Gasteiger partial charge on any atom is -0.365 e. The molecular formula is C12H22N2S. The molecule has 1 N–H and O–H groups in total. The van der Waals surface area contributed by atoms with Crippen molar-refractivity contribution in [2.45, 2.75) is 39.0 Å². The molecule has 3 heteroatoms. The van der Waals surface area contributed by atoms with Crippen LogP contribution in [0.1, 0.15) is 39.0 Å². The minimum absolute atomic E-state index is 0.973. The van der Waals surface area contributed by atoms with Crippen LogP contribution in [0.15, 0.2) is 4.99 Å². The quantitative estimate of drug-likeness (QED) is 0.800. The fourth-order valence-corrected chi connectivity index (χ4v) is 3.21. The van der Waals surface area contributed by atoms with Gasteiger partial charge in [0.05, 0.1) is 6.54 Å². The summed E-state index contributed by atoms with van der Waals surface area (Å²) in [6.45, 7) is 4.52. The summed E-state index contributed by atoms with van der Waals surface area (Å²) in [5.74, 6) is 3.12. The smallest absolute Gasteiger partial charge is 0.156 e. The van der Waals surface area contributed by atoms with E-state index in [1.54, 1.807) is 0 Å². The number of hydrogen-bond donors (Lipinski definition) is 1. The van der Waals surface area contributed by atoms with Crippen molar-refractivity contribution in [3.05, 3.63) is 0 Å². The second kappa shape index (κ2) is 5.78. The molecule has 0 radical (unpaired) electrons. The highest BCUT2D eigenvalue weighted by molar-refractivity contribution is 8.14. The maximum Gasteiger partial charge on any atom is 0.156 e. The average Bonchev–Trinajstić information content (AvgIpc) is 2.74. The molecule has 0 aromatic heterocycles. The third kappa shape index (κ3) is 3.71. The zero-order valence-corrected chi connectivity index (χ0v) is 10.5. The van der Waals surface area contributed by atoms with E-state index in [1.165, 1.54) is 43.0 Å². The predicted octanol–water partition coefficient (Wildman–Crippen LogP) is 2.90. The number of hydrogen-bond acceptors (Lipinski definition) is 3. The summed E-state index contributed by atoms with van der Waals surface area (Å²) in [5.41, 5.74) is 0. The van der Waals surface area contributed by atoms with Crippen molar-refractivity contribution in [2.75, 3.05) is 18.8 Å². The molecule has 1 aliphatic carbocycles. The minimum atomic E-state index is 0.973. The molecule has 1 heterocycles. The molecule has 1 aliphatic heterocycles. The van der Waals surface area contributed by atoms with Crippen LogP contribution < -0.4 is 5.32 Å². The van der Waals surface area contributed by atoms with Crippen LogP contribution in [0.25, 0.3) is 0 Å². The van der Waals surface area contributed by atoms with Gasteiger partial charge >= 0.3 is 0 Å². The van der Waals surface area contributed by atoms with E-state index >= 15 is 0 Å². The maximum absolute atomic E-state index is 4.40. The lowest BCUT2D eigenvalue weighted by atomic mass is 9.81. The fraction of sp³-hybridized carbons (Fsp3) is 0.917. The summed E-state index contributed by atoms with van der Waals surface area (Å²) in [6, 6.07) is 0. The van der Waals surface area contributed by atoms with Gasteiger partial charge in [0, 0.05) is 12.3 Å². The van der Waals surface area contributed by atoms with Crippen molar-refractivity contribution < 1.29 is 0 Å². The van der Waals surface area contributed by atoms with Gasteiger partial charge < -0.3 is 5.32 Å². The highest BCUT2D eigenvalue weighted by atomic mass is 32.2. The lowest BCUT2D eigenvalue weighted by Crippen LogP contribution is -2.23. The van der Waals surface area contributed by atoms with Crippen molar-refractivity contribution in [3.63, 3.8) is 0 Å². The molecule has 0 unspecified atom stereocenters. The van der Waals surface area contributed by atoms with Crippen LogP contribution in [0.5, 0.6) is 0 Å². The number of nitrogens with one attached hydrogen (secondary N) is 1. The second-order valence-electron chi connectivity index (χ2n) is 4.88. The first-order valence-electron chi connectivity index (χ1n) is 6.25. The Morgan fingerprint density at radius 1 is 1.33 bits per heavy atom. The van der Waals surface area contributed by atoms with E-state index in [9.17, 15) is 0 Å². The number of amidine groups is 1. The number of thioether (sulfide) groups is 1. The molecule has 2 nitrogen and oxygen atoms in total. The normalized spacial score (nSPS) is 31.4. The SMILES string of the molecule is CC1CCC(CCNC2=NCCS2)CC1. The fourth-order valence-electron chi connectivity index (χ4n) is 2.44. The molecule has 15 heavy (non-hydrogen) atoms. The number of nitrogens with zero attached hydrogens (tertiary/aromatic N) is 1. The van der Waals surface area contributed by atoms with Crippen LogP contribution in [0.4, 0.5) is 0 Å². The van der Waals surface area contributed by atoms with E-state index in [0.717, 1.165) is 24.9 Å². The van der Waals surface area contributed by atoms with E-state index in [-0.39, 0.29) is 0 Å².